The number of rotatable bonds is 7. The largest absolute Gasteiger partial charge is 0.497 e. The number of carbonyl (C=O) groups is 2. The zero-order valence-electron chi connectivity index (χ0n) is 17.7. The second-order valence-corrected chi connectivity index (χ2v) is 8.64. The monoisotopic (exact) mass is 476 g/mol. The van der Waals surface area contributed by atoms with Gasteiger partial charge in [-0.15, -0.1) is 0 Å². The fourth-order valence-corrected chi connectivity index (χ4v) is 4.47. The van der Waals surface area contributed by atoms with Gasteiger partial charge in [-0.3, -0.25) is 14.5 Å². The molecule has 0 spiro atoms. The lowest BCUT2D eigenvalue weighted by Gasteiger charge is -2.14. The predicted molar refractivity (Wildman–Crippen MR) is 136 cm³/mol. The molecule has 33 heavy (non-hydrogen) atoms. The molecule has 4 rings (SSSR count). The average molecular weight is 477 g/mol. The molecule has 0 aliphatic carbocycles. The Balaban J connectivity index is 1.46. The number of amides is 2. The van der Waals surface area contributed by atoms with Crippen LogP contribution in [0.3, 0.4) is 0 Å². The molecule has 0 unspecified atom stereocenters. The van der Waals surface area contributed by atoms with Crippen molar-refractivity contribution in [1.82, 2.24) is 0 Å². The fourth-order valence-electron chi connectivity index (χ4n) is 3.18. The molecule has 0 bridgehead atoms. The summed E-state index contributed by atoms with van der Waals surface area (Å²) in [5.74, 6) is 0.630. The number of thiocarbonyl (C=S) groups is 1. The summed E-state index contributed by atoms with van der Waals surface area (Å²) < 4.78 is 11.4. The summed E-state index contributed by atoms with van der Waals surface area (Å²) in [6.45, 7) is -0.187. The van der Waals surface area contributed by atoms with E-state index in [-0.39, 0.29) is 18.4 Å². The van der Waals surface area contributed by atoms with Crippen LogP contribution < -0.4 is 19.7 Å². The van der Waals surface area contributed by atoms with Crippen LogP contribution in [0.15, 0.2) is 83.8 Å². The van der Waals surface area contributed by atoms with Crippen molar-refractivity contribution in [3.8, 4) is 11.5 Å². The van der Waals surface area contributed by atoms with Crippen molar-refractivity contribution >= 4 is 57.6 Å². The number of thioether (sulfide) groups is 1. The van der Waals surface area contributed by atoms with Gasteiger partial charge < -0.3 is 14.8 Å². The van der Waals surface area contributed by atoms with Crippen LogP contribution in [-0.2, 0) is 9.59 Å². The molecule has 1 aliphatic heterocycles. The molecular formula is C25H20N2O4S2. The van der Waals surface area contributed by atoms with Gasteiger partial charge in [0.05, 0.1) is 17.7 Å². The minimum atomic E-state index is -0.312. The van der Waals surface area contributed by atoms with E-state index in [1.54, 1.807) is 43.5 Å². The van der Waals surface area contributed by atoms with Gasteiger partial charge in [0.25, 0.3) is 11.8 Å². The summed E-state index contributed by atoms with van der Waals surface area (Å²) in [7, 11) is 1.56. The fraction of sp³-hybridized carbons (Fsp3) is 0.0800. The van der Waals surface area contributed by atoms with Crippen LogP contribution >= 0.6 is 24.0 Å². The summed E-state index contributed by atoms with van der Waals surface area (Å²) >= 11 is 6.66. The Morgan fingerprint density at radius 2 is 1.82 bits per heavy atom. The van der Waals surface area contributed by atoms with Crippen molar-refractivity contribution in [3.63, 3.8) is 0 Å². The Labute approximate surface area is 201 Å². The molecule has 166 valence electrons. The maximum atomic E-state index is 13.0. The molecule has 3 aromatic carbocycles. The number of methoxy groups -OCH3 is 1. The van der Waals surface area contributed by atoms with E-state index in [1.807, 2.05) is 48.5 Å². The zero-order valence-corrected chi connectivity index (χ0v) is 19.3. The normalized spacial score (nSPS) is 14.5. The first-order chi connectivity index (χ1) is 16.0. The van der Waals surface area contributed by atoms with Gasteiger partial charge in [-0.05, 0) is 36.4 Å². The van der Waals surface area contributed by atoms with Crippen molar-refractivity contribution in [2.75, 3.05) is 23.9 Å². The number of nitrogens with one attached hydrogen (secondary N) is 1. The van der Waals surface area contributed by atoms with E-state index >= 15 is 0 Å². The number of hydrogen-bond acceptors (Lipinski definition) is 6. The lowest BCUT2D eigenvalue weighted by Crippen LogP contribution is -2.27. The molecule has 0 saturated carbocycles. The summed E-state index contributed by atoms with van der Waals surface area (Å²) in [6, 6.07) is 23.6. The number of anilines is 2. The standard InChI is InChI=1S/C25H20N2O4S2/c1-30-20-12-7-9-18(15-20)26-23(28)16-31-21-13-6-5-8-17(21)14-22-24(29)27(25(32)33-22)19-10-3-2-4-11-19/h2-15H,16H2,1H3,(H,26,28)/b22-14-. The minimum absolute atomic E-state index is 0.187. The molecule has 1 aliphatic rings. The molecule has 0 radical (unpaired) electrons. The van der Waals surface area contributed by atoms with Crippen molar-refractivity contribution in [3.05, 3.63) is 89.3 Å². The third kappa shape index (κ3) is 5.42. The lowest BCUT2D eigenvalue weighted by molar-refractivity contribution is -0.118. The summed E-state index contributed by atoms with van der Waals surface area (Å²) in [4.78, 5) is 27.3. The molecule has 0 aromatic heterocycles. The van der Waals surface area contributed by atoms with Crippen LogP contribution in [0.4, 0.5) is 11.4 Å². The number of benzene rings is 3. The smallest absolute Gasteiger partial charge is 0.270 e. The van der Waals surface area contributed by atoms with Gasteiger partial charge in [0, 0.05) is 17.3 Å². The molecule has 2 amide bonds. The van der Waals surface area contributed by atoms with Crippen molar-refractivity contribution in [2.45, 2.75) is 0 Å². The first-order valence-electron chi connectivity index (χ1n) is 10.0. The summed E-state index contributed by atoms with van der Waals surface area (Å²) in [6.07, 6.45) is 1.73. The molecule has 1 saturated heterocycles. The highest BCUT2D eigenvalue weighted by Gasteiger charge is 2.33. The summed E-state index contributed by atoms with van der Waals surface area (Å²) in [5, 5.41) is 2.77. The maximum Gasteiger partial charge on any atom is 0.270 e. The number of carbonyl (C=O) groups excluding carboxylic acids is 2. The van der Waals surface area contributed by atoms with Gasteiger partial charge in [-0.2, -0.15) is 0 Å². The van der Waals surface area contributed by atoms with E-state index in [1.165, 1.54) is 16.7 Å². The highest BCUT2D eigenvalue weighted by atomic mass is 32.2. The Morgan fingerprint density at radius 1 is 1.06 bits per heavy atom. The van der Waals surface area contributed by atoms with Crippen LogP contribution in [0, 0.1) is 0 Å². The van der Waals surface area contributed by atoms with Gasteiger partial charge in [0.2, 0.25) is 0 Å². The summed E-state index contributed by atoms with van der Waals surface area (Å²) in [5.41, 5.74) is 2.02. The first-order valence-corrected chi connectivity index (χ1v) is 11.3. The van der Waals surface area contributed by atoms with E-state index in [2.05, 4.69) is 5.32 Å². The Morgan fingerprint density at radius 3 is 2.61 bits per heavy atom. The minimum Gasteiger partial charge on any atom is -0.497 e. The molecule has 1 heterocycles. The van der Waals surface area contributed by atoms with E-state index in [0.29, 0.717) is 32.0 Å². The predicted octanol–water partition coefficient (Wildman–Crippen LogP) is 5.12. The van der Waals surface area contributed by atoms with E-state index in [0.717, 1.165) is 5.69 Å². The SMILES string of the molecule is COc1cccc(NC(=O)COc2ccccc2/C=C2\SC(=S)N(c3ccccc3)C2=O)c1. The van der Waals surface area contributed by atoms with Gasteiger partial charge in [0.1, 0.15) is 11.5 Å². The first kappa shape index (κ1) is 22.6. The van der Waals surface area contributed by atoms with E-state index in [9.17, 15) is 9.59 Å². The van der Waals surface area contributed by atoms with Crippen LogP contribution in [-0.4, -0.2) is 29.9 Å². The number of nitrogens with zero attached hydrogens (tertiary/aromatic N) is 1. The van der Waals surface area contributed by atoms with Crippen molar-refractivity contribution < 1.29 is 19.1 Å². The highest BCUT2D eigenvalue weighted by Crippen LogP contribution is 2.37. The Hall–Kier alpha value is -3.62. The molecule has 3 aromatic rings. The topological polar surface area (TPSA) is 67.9 Å². The second kappa shape index (κ2) is 10.3. The molecule has 6 nitrogen and oxygen atoms in total. The molecule has 0 atom stereocenters. The van der Waals surface area contributed by atoms with Crippen LogP contribution in [0.5, 0.6) is 11.5 Å². The number of ether oxygens (including phenoxy) is 2. The third-order valence-corrected chi connectivity index (χ3v) is 6.03. The van der Waals surface area contributed by atoms with Crippen molar-refractivity contribution in [2.24, 2.45) is 0 Å². The molecule has 8 heteroatoms. The molecule has 1 fully saturated rings. The van der Waals surface area contributed by atoms with Crippen LogP contribution in [0.1, 0.15) is 5.56 Å². The average Bonchev–Trinajstić information content (AvgIpc) is 3.11. The quantitative estimate of drug-likeness (QED) is 0.377. The second-order valence-electron chi connectivity index (χ2n) is 6.96. The number of para-hydroxylation sites is 2. The lowest BCUT2D eigenvalue weighted by atomic mass is 10.2. The number of hydrogen-bond donors (Lipinski definition) is 1. The Bertz CT molecular complexity index is 1230. The highest BCUT2D eigenvalue weighted by molar-refractivity contribution is 8.27. The van der Waals surface area contributed by atoms with Gasteiger partial charge in [-0.25, -0.2) is 0 Å². The van der Waals surface area contributed by atoms with Crippen LogP contribution in [0.2, 0.25) is 0 Å². The van der Waals surface area contributed by atoms with Gasteiger partial charge >= 0.3 is 0 Å². The van der Waals surface area contributed by atoms with E-state index in [4.69, 9.17) is 21.7 Å². The van der Waals surface area contributed by atoms with Gasteiger partial charge in [-0.1, -0.05) is 66.4 Å². The van der Waals surface area contributed by atoms with E-state index < -0.39 is 0 Å². The zero-order chi connectivity index (χ0) is 23.2. The molecule has 1 N–H and O–H groups in total. The Kier molecular flexibility index (Phi) is 7.07. The van der Waals surface area contributed by atoms with Gasteiger partial charge in [0.15, 0.2) is 10.9 Å². The van der Waals surface area contributed by atoms with Crippen molar-refractivity contribution in [1.29, 1.82) is 0 Å². The maximum absolute atomic E-state index is 13.0. The molecular weight excluding hydrogens is 456 g/mol. The van der Waals surface area contributed by atoms with Crippen LogP contribution in [0.25, 0.3) is 6.08 Å². The third-order valence-electron chi connectivity index (χ3n) is 4.73.